The highest BCUT2D eigenvalue weighted by molar-refractivity contribution is 5.95. The van der Waals surface area contributed by atoms with Crippen molar-refractivity contribution < 1.29 is 14.7 Å². The fourth-order valence-corrected chi connectivity index (χ4v) is 4.74. The summed E-state index contributed by atoms with van der Waals surface area (Å²) in [4.78, 5) is 32.2. The molecule has 1 atom stereocenters. The van der Waals surface area contributed by atoms with E-state index in [1.54, 1.807) is 42.7 Å². The zero-order chi connectivity index (χ0) is 26.2. The largest absolute Gasteiger partial charge is 0.394 e. The van der Waals surface area contributed by atoms with Gasteiger partial charge in [-0.1, -0.05) is 24.3 Å². The Kier molecular flexibility index (Phi) is 9.04. The number of aliphatic hydroxyl groups is 1. The first kappa shape index (κ1) is 26.5. The summed E-state index contributed by atoms with van der Waals surface area (Å²) in [7, 11) is 0. The number of aromatic nitrogens is 1. The summed E-state index contributed by atoms with van der Waals surface area (Å²) in [6.45, 7) is 6.95. The Balaban J connectivity index is 1.34. The summed E-state index contributed by atoms with van der Waals surface area (Å²) in [5.74, 6) is 0.0577. The molecule has 0 aliphatic carbocycles. The van der Waals surface area contributed by atoms with Crippen molar-refractivity contribution in [3.05, 3.63) is 89.7 Å². The van der Waals surface area contributed by atoms with Crippen LogP contribution in [-0.2, 0) is 0 Å². The molecule has 7 nitrogen and oxygen atoms in total. The lowest BCUT2D eigenvalue weighted by atomic mass is 9.95. The normalized spacial score (nSPS) is 15.4. The van der Waals surface area contributed by atoms with Gasteiger partial charge < -0.3 is 20.6 Å². The molecule has 0 spiro atoms. The van der Waals surface area contributed by atoms with Crippen molar-refractivity contribution in [1.29, 1.82) is 0 Å². The molecule has 4 rings (SSSR count). The van der Waals surface area contributed by atoms with Gasteiger partial charge in [0.05, 0.1) is 12.6 Å². The summed E-state index contributed by atoms with van der Waals surface area (Å²) in [5, 5.41) is 16.0. The summed E-state index contributed by atoms with van der Waals surface area (Å²) >= 11 is 0. The second-order valence-corrected chi connectivity index (χ2v) is 9.93. The van der Waals surface area contributed by atoms with Gasteiger partial charge in [0.15, 0.2) is 0 Å². The van der Waals surface area contributed by atoms with Crippen molar-refractivity contribution >= 4 is 11.8 Å². The van der Waals surface area contributed by atoms with E-state index in [1.807, 2.05) is 30.3 Å². The maximum absolute atomic E-state index is 12.9. The molecule has 2 amide bonds. The molecule has 37 heavy (non-hydrogen) atoms. The molecule has 2 aromatic carbocycles. The minimum Gasteiger partial charge on any atom is -0.394 e. The molecule has 194 valence electrons. The van der Waals surface area contributed by atoms with E-state index in [0.717, 1.165) is 37.1 Å². The third kappa shape index (κ3) is 7.02. The summed E-state index contributed by atoms with van der Waals surface area (Å²) in [6, 6.07) is 18.1. The van der Waals surface area contributed by atoms with Gasteiger partial charge in [0.25, 0.3) is 11.8 Å². The number of benzene rings is 2. The molecule has 0 radical (unpaired) electrons. The van der Waals surface area contributed by atoms with Crippen LogP contribution in [0.3, 0.4) is 0 Å². The molecule has 3 N–H and O–H groups in total. The van der Waals surface area contributed by atoms with Gasteiger partial charge in [0, 0.05) is 36.1 Å². The summed E-state index contributed by atoms with van der Waals surface area (Å²) in [5.41, 5.74) is 3.70. The summed E-state index contributed by atoms with van der Waals surface area (Å²) < 4.78 is 0. The van der Waals surface area contributed by atoms with Crippen molar-refractivity contribution in [2.24, 2.45) is 5.92 Å². The Hall–Kier alpha value is -3.55. The third-order valence-electron chi connectivity index (χ3n) is 7.13. The molecular weight excluding hydrogens is 464 g/mol. The van der Waals surface area contributed by atoms with Gasteiger partial charge in [0.1, 0.15) is 0 Å². The average molecular weight is 501 g/mol. The van der Waals surface area contributed by atoms with Gasteiger partial charge >= 0.3 is 0 Å². The number of piperidine rings is 1. The van der Waals surface area contributed by atoms with Crippen molar-refractivity contribution in [3.63, 3.8) is 0 Å². The van der Waals surface area contributed by atoms with Crippen LogP contribution in [0.1, 0.15) is 59.0 Å². The molecule has 0 bridgehead atoms. The molecule has 7 heteroatoms. The number of hydrogen-bond donors (Lipinski definition) is 3. The lowest BCUT2D eigenvalue weighted by molar-refractivity contribution is 0.0915. The molecule has 0 unspecified atom stereocenters. The van der Waals surface area contributed by atoms with E-state index >= 15 is 0 Å². The molecule has 1 aliphatic heterocycles. The summed E-state index contributed by atoms with van der Waals surface area (Å²) in [6.07, 6.45) is 5.63. The molecule has 1 aliphatic rings. The zero-order valence-corrected chi connectivity index (χ0v) is 21.6. The van der Waals surface area contributed by atoms with Crippen molar-refractivity contribution in [3.8, 4) is 11.1 Å². The van der Waals surface area contributed by atoms with Crippen LogP contribution in [0, 0.1) is 5.92 Å². The number of aliphatic hydroxyl groups excluding tert-OH is 1. The van der Waals surface area contributed by atoms with E-state index in [0.29, 0.717) is 35.2 Å². The van der Waals surface area contributed by atoms with E-state index in [9.17, 15) is 14.7 Å². The molecule has 0 saturated carbocycles. The van der Waals surface area contributed by atoms with Crippen LogP contribution in [-0.4, -0.2) is 59.1 Å². The highest BCUT2D eigenvalue weighted by Crippen LogP contribution is 2.21. The van der Waals surface area contributed by atoms with Crippen LogP contribution in [0.4, 0.5) is 0 Å². The second-order valence-electron chi connectivity index (χ2n) is 9.93. The fourth-order valence-electron chi connectivity index (χ4n) is 4.74. The molecule has 1 fully saturated rings. The van der Waals surface area contributed by atoms with Crippen LogP contribution in [0.25, 0.3) is 11.1 Å². The van der Waals surface area contributed by atoms with E-state index in [-0.39, 0.29) is 18.4 Å². The van der Waals surface area contributed by atoms with Crippen LogP contribution < -0.4 is 10.6 Å². The Bertz CT molecular complexity index is 1170. The van der Waals surface area contributed by atoms with Gasteiger partial charge in [-0.25, -0.2) is 0 Å². The van der Waals surface area contributed by atoms with Crippen molar-refractivity contribution in [2.45, 2.75) is 38.8 Å². The number of nitrogens with one attached hydrogen (secondary N) is 2. The van der Waals surface area contributed by atoms with Crippen LogP contribution in [0.5, 0.6) is 0 Å². The minimum atomic E-state index is -0.625. The lowest BCUT2D eigenvalue weighted by Crippen LogP contribution is -2.41. The maximum atomic E-state index is 12.9. The quantitative estimate of drug-likeness (QED) is 0.412. The number of carbonyl (C=O) groups excluding carboxylic acids is 2. The van der Waals surface area contributed by atoms with Gasteiger partial charge in [0.2, 0.25) is 0 Å². The number of hydrogen-bond acceptors (Lipinski definition) is 5. The molecule has 2 heterocycles. The molecule has 3 aromatic rings. The van der Waals surface area contributed by atoms with Gasteiger partial charge in [-0.2, -0.15) is 0 Å². The first-order valence-corrected chi connectivity index (χ1v) is 13.0. The van der Waals surface area contributed by atoms with E-state index < -0.39 is 6.04 Å². The van der Waals surface area contributed by atoms with Crippen LogP contribution in [0.15, 0.2) is 73.1 Å². The van der Waals surface area contributed by atoms with Crippen molar-refractivity contribution in [2.75, 3.05) is 26.2 Å². The zero-order valence-electron chi connectivity index (χ0n) is 21.6. The highest BCUT2D eigenvalue weighted by atomic mass is 16.3. The Labute approximate surface area is 218 Å². The minimum absolute atomic E-state index is 0.136. The Morgan fingerprint density at radius 3 is 2.27 bits per heavy atom. The number of amides is 2. The van der Waals surface area contributed by atoms with Crippen molar-refractivity contribution in [1.82, 2.24) is 20.5 Å². The molecular formula is C30H36N4O3. The predicted octanol–water partition coefficient (Wildman–Crippen LogP) is 4.06. The smallest absolute Gasteiger partial charge is 0.251 e. The number of rotatable bonds is 9. The number of nitrogens with zero attached hydrogens (tertiary/aromatic N) is 2. The number of likely N-dealkylation sites (tertiary alicyclic amines) is 1. The molecule has 1 aromatic heterocycles. The Morgan fingerprint density at radius 2 is 1.62 bits per heavy atom. The SMILES string of the molecule is CC(C)N1CCC(CNC(=O)c2cccc([C@@H](CO)NC(=O)c3ccc(-c4ccncc4)cc3)c2)CC1. The third-order valence-corrected chi connectivity index (χ3v) is 7.13. The van der Waals surface area contributed by atoms with Gasteiger partial charge in [-0.3, -0.25) is 14.6 Å². The first-order valence-electron chi connectivity index (χ1n) is 13.0. The standard InChI is InChI=1S/C30H36N4O3/c1-21(2)34-16-12-22(13-17-34)19-32-29(36)27-5-3-4-26(18-27)28(20-35)33-30(37)25-8-6-23(7-9-25)24-10-14-31-15-11-24/h3-11,14-15,18,21-22,28,35H,12-13,16-17,19-20H2,1-2H3,(H,32,36)(H,33,37)/t28-/m1/s1. The fraction of sp³-hybridized carbons (Fsp3) is 0.367. The van der Waals surface area contributed by atoms with E-state index in [2.05, 4.69) is 34.4 Å². The number of carbonyl (C=O) groups is 2. The van der Waals surface area contributed by atoms with E-state index in [4.69, 9.17) is 0 Å². The first-order chi connectivity index (χ1) is 17.9. The maximum Gasteiger partial charge on any atom is 0.251 e. The monoisotopic (exact) mass is 500 g/mol. The predicted molar refractivity (Wildman–Crippen MR) is 145 cm³/mol. The van der Waals surface area contributed by atoms with Gasteiger partial charge in [-0.15, -0.1) is 0 Å². The Morgan fingerprint density at radius 1 is 0.946 bits per heavy atom. The lowest BCUT2D eigenvalue weighted by Gasteiger charge is -2.34. The average Bonchev–Trinajstić information content (AvgIpc) is 2.95. The highest BCUT2D eigenvalue weighted by Gasteiger charge is 2.22. The van der Waals surface area contributed by atoms with Gasteiger partial charge in [-0.05, 0) is 98.8 Å². The second kappa shape index (κ2) is 12.6. The van der Waals surface area contributed by atoms with Crippen LogP contribution in [0.2, 0.25) is 0 Å². The topological polar surface area (TPSA) is 94.6 Å². The number of pyridine rings is 1. The van der Waals surface area contributed by atoms with Crippen LogP contribution >= 0.6 is 0 Å². The molecule has 1 saturated heterocycles. The van der Waals surface area contributed by atoms with E-state index in [1.165, 1.54) is 0 Å².